The van der Waals surface area contributed by atoms with Gasteiger partial charge in [-0.05, 0) is 64.8 Å². The van der Waals surface area contributed by atoms with E-state index in [4.69, 9.17) is 0 Å². The molecule has 2 heteroatoms. The molecule has 0 radical (unpaired) electrons. The molecule has 76 valence electrons. The van der Waals surface area contributed by atoms with Crippen molar-refractivity contribution in [2.75, 3.05) is 39.8 Å². The highest BCUT2D eigenvalue weighted by Crippen LogP contribution is 2.19. The Morgan fingerprint density at radius 2 is 1.62 bits per heavy atom. The molecule has 3 aliphatic heterocycles. The van der Waals surface area contributed by atoms with Crippen molar-refractivity contribution in [2.45, 2.75) is 25.7 Å². The van der Waals surface area contributed by atoms with Crippen LogP contribution in [0.4, 0.5) is 0 Å². The van der Waals surface area contributed by atoms with Crippen molar-refractivity contribution in [1.29, 1.82) is 0 Å². The molecule has 0 unspecified atom stereocenters. The van der Waals surface area contributed by atoms with E-state index in [2.05, 4.69) is 16.8 Å². The first-order chi connectivity index (χ1) is 6.34. The van der Waals surface area contributed by atoms with Gasteiger partial charge in [0, 0.05) is 6.54 Å². The Morgan fingerprint density at radius 3 is 2.38 bits per heavy atom. The van der Waals surface area contributed by atoms with Crippen molar-refractivity contribution in [3.05, 3.63) is 0 Å². The third-order valence-electron chi connectivity index (χ3n) is 3.54. The zero-order chi connectivity index (χ0) is 9.10. The molecule has 0 N–H and O–H groups in total. The summed E-state index contributed by atoms with van der Waals surface area (Å²) in [4.78, 5) is 5.19. The SMILES string of the molecule is CN1CCCCN2CCC(CC2)C1. The maximum Gasteiger partial charge on any atom is 0.000756 e. The summed E-state index contributed by atoms with van der Waals surface area (Å²) >= 11 is 0. The van der Waals surface area contributed by atoms with Crippen LogP contribution in [0.2, 0.25) is 0 Å². The highest BCUT2D eigenvalue weighted by atomic mass is 15.1. The van der Waals surface area contributed by atoms with Crippen molar-refractivity contribution in [3.63, 3.8) is 0 Å². The van der Waals surface area contributed by atoms with Crippen LogP contribution in [0, 0.1) is 5.92 Å². The van der Waals surface area contributed by atoms with Gasteiger partial charge in [-0.2, -0.15) is 0 Å². The molecule has 3 heterocycles. The normalized spacial score (nSPS) is 37.6. The molecule has 3 aliphatic rings. The van der Waals surface area contributed by atoms with Gasteiger partial charge in [0.25, 0.3) is 0 Å². The van der Waals surface area contributed by atoms with Crippen LogP contribution < -0.4 is 0 Å². The van der Waals surface area contributed by atoms with Gasteiger partial charge in [0.2, 0.25) is 0 Å². The van der Waals surface area contributed by atoms with Crippen LogP contribution in [0.5, 0.6) is 0 Å². The third kappa shape index (κ3) is 2.68. The predicted octanol–water partition coefficient (Wildman–Crippen LogP) is 1.42. The zero-order valence-corrected chi connectivity index (χ0v) is 8.84. The Labute approximate surface area is 81.9 Å². The summed E-state index contributed by atoms with van der Waals surface area (Å²) in [7, 11) is 2.29. The van der Waals surface area contributed by atoms with Crippen molar-refractivity contribution in [1.82, 2.24) is 9.80 Å². The monoisotopic (exact) mass is 182 g/mol. The Hall–Kier alpha value is -0.0800. The number of hydrogen-bond acceptors (Lipinski definition) is 2. The summed E-state index contributed by atoms with van der Waals surface area (Å²) in [5.74, 6) is 0.986. The number of nitrogens with zero attached hydrogens (tertiary/aromatic N) is 2. The van der Waals surface area contributed by atoms with Gasteiger partial charge in [-0.25, -0.2) is 0 Å². The van der Waals surface area contributed by atoms with Crippen molar-refractivity contribution >= 4 is 0 Å². The highest BCUT2D eigenvalue weighted by Gasteiger charge is 2.20. The van der Waals surface area contributed by atoms with Gasteiger partial charge >= 0.3 is 0 Å². The second-order valence-electron chi connectivity index (χ2n) is 4.75. The smallest absolute Gasteiger partial charge is 0.000756 e. The minimum absolute atomic E-state index is 0.986. The largest absolute Gasteiger partial charge is 0.306 e. The average molecular weight is 182 g/mol. The summed E-state index contributed by atoms with van der Waals surface area (Å²) < 4.78 is 0. The fourth-order valence-corrected chi connectivity index (χ4v) is 2.64. The first kappa shape index (κ1) is 9.47. The lowest BCUT2D eigenvalue weighted by atomic mass is 9.95. The first-order valence-corrected chi connectivity index (χ1v) is 5.75. The average Bonchev–Trinajstić information content (AvgIpc) is 2.16. The molecular formula is C11H22N2. The molecule has 2 bridgehead atoms. The topological polar surface area (TPSA) is 6.48 Å². The van der Waals surface area contributed by atoms with Gasteiger partial charge < -0.3 is 9.80 Å². The van der Waals surface area contributed by atoms with Crippen molar-refractivity contribution in [3.8, 4) is 0 Å². The van der Waals surface area contributed by atoms with Gasteiger partial charge in [-0.1, -0.05) is 0 Å². The number of hydrogen-bond donors (Lipinski definition) is 0. The summed E-state index contributed by atoms with van der Waals surface area (Å²) in [5.41, 5.74) is 0. The van der Waals surface area contributed by atoms with Crippen LogP contribution >= 0.6 is 0 Å². The van der Waals surface area contributed by atoms with E-state index in [1.54, 1.807) is 0 Å². The van der Waals surface area contributed by atoms with E-state index in [0.717, 1.165) is 5.92 Å². The fourth-order valence-electron chi connectivity index (χ4n) is 2.64. The van der Waals surface area contributed by atoms with Gasteiger partial charge in [-0.3, -0.25) is 0 Å². The van der Waals surface area contributed by atoms with Crippen LogP contribution in [-0.2, 0) is 0 Å². The third-order valence-corrected chi connectivity index (χ3v) is 3.54. The van der Waals surface area contributed by atoms with E-state index in [0.29, 0.717) is 0 Å². The van der Waals surface area contributed by atoms with Gasteiger partial charge in [0.05, 0.1) is 0 Å². The van der Waals surface area contributed by atoms with E-state index in [9.17, 15) is 0 Å². The maximum absolute atomic E-state index is 2.65. The fraction of sp³-hybridized carbons (Fsp3) is 1.00. The molecule has 0 aromatic heterocycles. The summed E-state index contributed by atoms with van der Waals surface area (Å²) in [6, 6.07) is 0. The molecule has 3 fully saturated rings. The molecule has 2 nitrogen and oxygen atoms in total. The standard InChI is InChI=1S/C11H22N2/c1-12-6-2-3-7-13-8-4-11(10-12)5-9-13/h11H,2-10H2,1H3. The Kier molecular flexibility index (Phi) is 3.23. The van der Waals surface area contributed by atoms with Crippen molar-refractivity contribution < 1.29 is 0 Å². The molecular weight excluding hydrogens is 160 g/mol. The minimum Gasteiger partial charge on any atom is -0.306 e. The Balaban J connectivity index is 1.90. The lowest BCUT2D eigenvalue weighted by Crippen LogP contribution is -2.40. The van der Waals surface area contributed by atoms with Crippen LogP contribution in [0.3, 0.4) is 0 Å². The van der Waals surface area contributed by atoms with Gasteiger partial charge in [0.1, 0.15) is 0 Å². The van der Waals surface area contributed by atoms with E-state index in [-0.39, 0.29) is 0 Å². The molecule has 0 aromatic rings. The second kappa shape index (κ2) is 4.43. The Bertz CT molecular complexity index is 147. The van der Waals surface area contributed by atoms with E-state index >= 15 is 0 Å². The highest BCUT2D eigenvalue weighted by molar-refractivity contribution is 4.75. The lowest BCUT2D eigenvalue weighted by Gasteiger charge is -2.35. The van der Waals surface area contributed by atoms with E-state index < -0.39 is 0 Å². The Morgan fingerprint density at radius 1 is 0.923 bits per heavy atom. The zero-order valence-electron chi connectivity index (χ0n) is 8.84. The molecule has 0 aliphatic carbocycles. The van der Waals surface area contributed by atoms with E-state index in [1.165, 1.54) is 58.4 Å². The molecule has 0 saturated carbocycles. The molecule has 0 spiro atoms. The van der Waals surface area contributed by atoms with Crippen LogP contribution in [0.15, 0.2) is 0 Å². The summed E-state index contributed by atoms with van der Waals surface area (Å²) in [5, 5.41) is 0. The quantitative estimate of drug-likeness (QED) is 0.559. The molecule has 0 atom stereocenters. The molecule has 3 rings (SSSR count). The van der Waals surface area contributed by atoms with Crippen LogP contribution in [0.1, 0.15) is 25.7 Å². The second-order valence-corrected chi connectivity index (χ2v) is 4.75. The van der Waals surface area contributed by atoms with Crippen molar-refractivity contribution in [2.24, 2.45) is 5.92 Å². The van der Waals surface area contributed by atoms with Crippen LogP contribution in [-0.4, -0.2) is 49.6 Å². The minimum atomic E-state index is 0.986. The van der Waals surface area contributed by atoms with Gasteiger partial charge in [-0.15, -0.1) is 0 Å². The number of fused-ring (bicyclic) bond motifs is 7. The van der Waals surface area contributed by atoms with E-state index in [1.807, 2.05) is 0 Å². The van der Waals surface area contributed by atoms with Crippen LogP contribution in [0.25, 0.3) is 0 Å². The summed E-state index contributed by atoms with van der Waals surface area (Å²) in [6.45, 7) is 6.72. The summed E-state index contributed by atoms with van der Waals surface area (Å²) in [6.07, 6.45) is 5.66. The first-order valence-electron chi connectivity index (χ1n) is 5.75. The molecule has 0 aromatic carbocycles. The predicted molar refractivity (Wildman–Crippen MR) is 55.9 cm³/mol. The molecule has 0 amide bonds. The number of rotatable bonds is 0. The van der Waals surface area contributed by atoms with Gasteiger partial charge in [0.15, 0.2) is 0 Å². The lowest BCUT2D eigenvalue weighted by molar-refractivity contribution is 0.136. The molecule has 13 heavy (non-hydrogen) atoms. The molecule has 3 saturated heterocycles. The maximum atomic E-state index is 2.65. The number of piperidine rings is 1.